The summed E-state index contributed by atoms with van der Waals surface area (Å²) in [5.41, 5.74) is 5.28. The topological polar surface area (TPSA) is 26.1 Å². The monoisotopic (exact) mass is 191 g/mol. The lowest BCUT2D eigenvalue weighted by Gasteiger charge is -2.12. The molecular weight excluding hydrogens is 174 g/mol. The summed E-state index contributed by atoms with van der Waals surface area (Å²) in [6.07, 6.45) is 1.55. The lowest BCUT2D eigenvalue weighted by molar-refractivity contribution is -0.356. The molecule has 0 N–H and O–H groups in total. The fourth-order valence-corrected chi connectivity index (χ4v) is 1.66. The van der Waals surface area contributed by atoms with Crippen LogP contribution >= 0.6 is 0 Å². The smallest absolute Gasteiger partial charge is 0.222 e. The standard InChI is InChI=1S/C12H17NO/c1-6-13(14)12-10(4)8(2)7-9(3)11(12)5/h6-7H,1-5H3. The van der Waals surface area contributed by atoms with Crippen molar-refractivity contribution in [2.24, 2.45) is 0 Å². The molecule has 14 heavy (non-hydrogen) atoms. The number of hydrogen-bond acceptors (Lipinski definition) is 1. The number of nitrogens with zero attached hydrogens (tertiary/aromatic N) is 1. The molecule has 0 bridgehead atoms. The van der Waals surface area contributed by atoms with Crippen LogP contribution in [-0.2, 0) is 0 Å². The van der Waals surface area contributed by atoms with Gasteiger partial charge in [-0.3, -0.25) is 0 Å². The van der Waals surface area contributed by atoms with Crippen molar-refractivity contribution < 1.29 is 4.74 Å². The second-order valence-corrected chi connectivity index (χ2v) is 3.69. The second kappa shape index (κ2) is 3.82. The van der Waals surface area contributed by atoms with E-state index in [9.17, 15) is 5.21 Å². The number of rotatable bonds is 1. The maximum absolute atomic E-state index is 11.6. The summed E-state index contributed by atoms with van der Waals surface area (Å²) in [7, 11) is 0. The van der Waals surface area contributed by atoms with Crippen molar-refractivity contribution in [2.75, 3.05) is 0 Å². The average Bonchev–Trinajstić information content (AvgIpc) is 2.15. The Morgan fingerprint density at radius 1 is 1.07 bits per heavy atom. The summed E-state index contributed by atoms with van der Waals surface area (Å²) >= 11 is 0. The summed E-state index contributed by atoms with van der Waals surface area (Å²) in [6.45, 7) is 9.81. The van der Waals surface area contributed by atoms with Gasteiger partial charge in [0, 0.05) is 18.1 Å². The molecule has 0 spiro atoms. The third kappa shape index (κ3) is 1.65. The Balaban J connectivity index is 3.55. The normalized spacial score (nSPS) is 11.9. The van der Waals surface area contributed by atoms with E-state index in [2.05, 4.69) is 6.07 Å². The van der Waals surface area contributed by atoms with E-state index in [0.29, 0.717) is 0 Å². The van der Waals surface area contributed by atoms with Crippen molar-refractivity contribution in [3.63, 3.8) is 0 Å². The molecule has 0 atom stereocenters. The molecule has 0 amide bonds. The van der Waals surface area contributed by atoms with Gasteiger partial charge in [-0.1, -0.05) is 6.07 Å². The van der Waals surface area contributed by atoms with Crippen molar-refractivity contribution in [3.05, 3.63) is 33.5 Å². The van der Waals surface area contributed by atoms with E-state index in [-0.39, 0.29) is 0 Å². The van der Waals surface area contributed by atoms with Gasteiger partial charge in [0.25, 0.3) is 0 Å². The van der Waals surface area contributed by atoms with E-state index in [4.69, 9.17) is 0 Å². The quantitative estimate of drug-likeness (QED) is 0.290. The van der Waals surface area contributed by atoms with Crippen LogP contribution < -0.4 is 0 Å². The fraction of sp³-hybridized carbons (Fsp3) is 0.417. The first-order valence-electron chi connectivity index (χ1n) is 4.82. The predicted molar refractivity (Wildman–Crippen MR) is 60.4 cm³/mol. The molecule has 0 fully saturated rings. The highest BCUT2D eigenvalue weighted by atomic mass is 16.5. The first-order chi connectivity index (χ1) is 6.49. The van der Waals surface area contributed by atoms with E-state index in [1.165, 1.54) is 11.1 Å². The van der Waals surface area contributed by atoms with Gasteiger partial charge < -0.3 is 5.21 Å². The molecule has 0 unspecified atom stereocenters. The maximum atomic E-state index is 11.6. The third-order valence-corrected chi connectivity index (χ3v) is 2.78. The Hall–Kier alpha value is -1.31. The summed E-state index contributed by atoms with van der Waals surface area (Å²) < 4.78 is 0.949. The summed E-state index contributed by atoms with van der Waals surface area (Å²) in [4.78, 5) is 0. The molecule has 76 valence electrons. The van der Waals surface area contributed by atoms with Crippen molar-refractivity contribution in [3.8, 4) is 0 Å². The molecule has 2 nitrogen and oxygen atoms in total. The van der Waals surface area contributed by atoms with Gasteiger partial charge in [-0.25, -0.2) is 0 Å². The van der Waals surface area contributed by atoms with Crippen LogP contribution in [0.3, 0.4) is 0 Å². The molecule has 0 heterocycles. The van der Waals surface area contributed by atoms with Crippen LogP contribution in [0.25, 0.3) is 0 Å². The minimum Gasteiger partial charge on any atom is -0.619 e. The summed E-state index contributed by atoms with van der Waals surface area (Å²) in [5, 5.41) is 11.6. The molecule has 1 aromatic carbocycles. The van der Waals surface area contributed by atoms with Gasteiger partial charge >= 0.3 is 0 Å². The maximum Gasteiger partial charge on any atom is 0.222 e. The van der Waals surface area contributed by atoms with Crippen molar-refractivity contribution >= 4 is 11.9 Å². The Labute approximate surface area is 85.5 Å². The molecule has 0 aliphatic heterocycles. The summed E-state index contributed by atoms with van der Waals surface area (Å²) in [6, 6.07) is 2.12. The first-order valence-corrected chi connectivity index (χ1v) is 4.82. The van der Waals surface area contributed by atoms with Crippen molar-refractivity contribution in [1.82, 2.24) is 0 Å². The Kier molecular flexibility index (Phi) is 2.94. The molecule has 0 saturated carbocycles. The van der Waals surface area contributed by atoms with E-state index in [0.717, 1.165) is 21.6 Å². The molecule has 1 aromatic rings. The van der Waals surface area contributed by atoms with Crippen LogP contribution in [0.1, 0.15) is 29.2 Å². The van der Waals surface area contributed by atoms with Gasteiger partial charge in [-0.2, -0.15) is 4.74 Å². The van der Waals surface area contributed by atoms with Crippen LogP contribution in [0, 0.1) is 32.9 Å². The van der Waals surface area contributed by atoms with Gasteiger partial charge in [-0.15, -0.1) is 0 Å². The van der Waals surface area contributed by atoms with Gasteiger partial charge in [0.15, 0.2) is 6.21 Å². The van der Waals surface area contributed by atoms with Crippen LogP contribution in [-0.4, -0.2) is 11.0 Å². The van der Waals surface area contributed by atoms with Crippen LogP contribution in [0.5, 0.6) is 0 Å². The minimum atomic E-state index is 0.796. The molecule has 0 radical (unpaired) electrons. The van der Waals surface area contributed by atoms with Gasteiger partial charge in [0.05, 0.1) is 0 Å². The Morgan fingerprint density at radius 3 is 1.86 bits per heavy atom. The Morgan fingerprint density at radius 2 is 1.50 bits per heavy atom. The van der Waals surface area contributed by atoms with E-state index >= 15 is 0 Å². The molecule has 0 aliphatic carbocycles. The average molecular weight is 191 g/mol. The van der Waals surface area contributed by atoms with Gasteiger partial charge in [-0.05, 0) is 38.8 Å². The van der Waals surface area contributed by atoms with Gasteiger partial charge in [0.1, 0.15) is 0 Å². The Bertz CT molecular complexity index is 366. The highest BCUT2D eigenvalue weighted by molar-refractivity contribution is 5.58. The number of aryl methyl sites for hydroxylation is 2. The highest BCUT2D eigenvalue weighted by Gasteiger charge is 2.14. The highest BCUT2D eigenvalue weighted by Crippen LogP contribution is 2.28. The summed E-state index contributed by atoms with van der Waals surface area (Å²) in [5.74, 6) is 0. The van der Waals surface area contributed by atoms with Crippen LogP contribution in [0.15, 0.2) is 6.07 Å². The number of hydrogen-bond donors (Lipinski definition) is 0. The molecular formula is C12H17NO. The van der Waals surface area contributed by atoms with Crippen LogP contribution in [0.2, 0.25) is 0 Å². The zero-order valence-corrected chi connectivity index (χ0v) is 9.51. The first kappa shape index (κ1) is 10.8. The molecule has 0 aliphatic rings. The lowest BCUT2D eigenvalue weighted by Crippen LogP contribution is -2.02. The molecule has 1 rings (SSSR count). The molecule has 0 saturated heterocycles. The van der Waals surface area contributed by atoms with E-state index in [1.54, 1.807) is 13.1 Å². The largest absolute Gasteiger partial charge is 0.619 e. The zero-order valence-electron chi connectivity index (χ0n) is 9.51. The number of benzene rings is 1. The SMILES string of the molecule is CC=[N+]([O-])c1c(C)c(C)cc(C)c1C. The molecule has 2 heteroatoms. The predicted octanol–water partition coefficient (Wildman–Crippen LogP) is 3.15. The minimum absolute atomic E-state index is 0.796. The van der Waals surface area contributed by atoms with E-state index < -0.39 is 0 Å². The van der Waals surface area contributed by atoms with E-state index in [1.807, 2.05) is 27.7 Å². The zero-order chi connectivity index (χ0) is 10.9. The third-order valence-electron chi connectivity index (χ3n) is 2.78. The van der Waals surface area contributed by atoms with Crippen molar-refractivity contribution in [2.45, 2.75) is 34.6 Å². The second-order valence-electron chi connectivity index (χ2n) is 3.69. The molecule has 0 aromatic heterocycles. The van der Waals surface area contributed by atoms with Crippen LogP contribution in [0.4, 0.5) is 5.69 Å². The fourth-order valence-electron chi connectivity index (χ4n) is 1.66. The van der Waals surface area contributed by atoms with Crippen molar-refractivity contribution in [1.29, 1.82) is 0 Å². The van der Waals surface area contributed by atoms with Gasteiger partial charge in [0.2, 0.25) is 5.69 Å². The lowest BCUT2D eigenvalue weighted by atomic mass is 9.99.